The summed E-state index contributed by atoms with van der Waals surface area (Å²) in [5, 5.41) is 37.2. The van der Waals surface area contributed by atoms with Crippen molar-refractivity contribution >= 4 is 23.7 Å². The van der Waals surface area contributed by atoms with Crippen LogP contribution in [-0.2, 0) is 9.53 Å². The first-order valence-electron chi connectivity index (χ1n) is 11.1. The predicted octanol–water partition coefficient (Wildman–Crippen LogP) is 0.774. The fourth-order valence-electron chi connectivity index (χ4n) is 4.32. The lowest BCUT2D eigenvalue weighted by Crippen LogP contribution is -2.64. The fraction of sp³-hybridized carbons (Fsp3) is 0.652. The number of carbonyl (C=O) groups is 1. The van der Waals surface area contributed by atoms with E-state index in [4.69, 9.17) is 4.74 Å². The lowest BCUT2D eigenvalue weighted by molar-refractivity contribution is -0.208. The molecular weight excluding hydrogens is 430 g/mol. The van der Waals surface area contributed by atoms with E-state index in [1.54, 1.807) is 18.6 Å². The maximum atomic E-state index is 13.0. The number of aliphatic hydroxyl groups is 3. The highest BCUT2D eigenvalue weighted by Gasteiger charge is 2.47. The van der Waals surface area contributed by atoms with Crippen molar-refractivity contribution in [1.82, 2.24) is 15.6 Å². The number of allylic oxidation sites excluding steroid dienone is 1. The molecule has 1 aromatic rings. The molecule has 3 heterocycles. The van der Waals surface area contributed by atoms with Gasteiger partial charge in [-0.1, -0.05) is 26.0 Å². The van der Waals surface area contributed by atoms with E-state index in [2.05, 4.69) is 27.8 Å². The van der Waals surface area contributed by atoms with E-state index >= 15 is 0 Å². The molecule has 0 aromatic carbocycles. The Bertz CT molecular complexity index is 763. The molecule has 1 aromatic heterocycles. The van der Waals surface area contributed by atoms with Gasteiger partial charge in [0.05, 0.1) is 12.1 Å². The van der Waals surface area contributed by atoms with E-state index < -0.39 is 35.9 Å². The van der Waals surface area contributed by atoms with Crippen LogP contribution in [0.15, 0.2) is 30.6 Å². The lowest BCUT2D eigenvalue weighted by Gasteiger charge is -2.44. The van der Waals surface area contributed by atoms with Gasteiger partial charge in [-0.2, -0.15) is 0 Å². The van der Waals surface area contributed by atoms with Gasteiger partial charge in [-0.3, -0.25) is 9.78 Å². The average molecular weight is 466 g/mol. The Morgan fingerprint density at radius 3 is 2.66 bits per heavy atom. The highest BCUT2D eigenvalue weighted by molar-refractivity contribution is 7.99. The van der Waals surface area contributed by atoms with Crippen LogP contribution in [0, 0.1) is 11.8 Å². The zero-order chi connectivity index (χ0) is 23.3. The zero-order valence-corrected chi connectivity index (χ0v) is 19.6. The number of aromatic nitrogens is 1. The van der Waals surface area contributed by atoms with Crippen molar-refractivity contribution in [3.63, 3.8) is 0 Å². The number of aliphatic hydroxyl groups excluding tert-OH is 3. The maximum Gasteiger partial charge on any atom is 0.237 e. The van der Waals surface area contributed by atoms with Crippen molar-refractivity contribution in [2.24, 2.45) is 11.8 Å². The summed E-state index contributed by atoms with van der Waals surface area (Å²) in [5.74, 6) is 0.182. The van der Waals surface area contributed by atoms with Crippen LogP contribution >= 0.6 is 11.8 Å². The van der Waals surface area contributed by atoms with Crippen molar-refractivity contribution < 1.29 is 24.9 Å². The zero-order valence-electron chi connectivity index (χ0n) is 18.8. The SMILES string of the molecule is CS[C@H]1OC([C@H](NC(=O)[C@@H]2C[C@@H](C/C=C/c3ccncc3)CN2)C(C)C)[C@H](O)[C@H](O)[C@H]1O. The van der Waals surface area contributed by atoms with Crippen LogP contribution < -0.4 is 10.6 Å². The van der Waals surface area contributed by atoms with Gasteiger partial charge in [0.15, 0.2) is 0 Å². The number of pyridine rings is 1. The second kappa shape index (κ2) is 11.6. The average Bonchev–Trinajstić information content (AvgIpc) is 3.26. The van der Waals surface area contributed by atoms with Gasteiger partial charge in [-0.05, 0) is 55.2 Å². The summed E-state index contributed by atoms with van der Waals surface area (Å²) in [7, 11) is 0. The Balaban J connectivity index is 1.56. The van der Waals surface area contributed by atoms with Crippen LogP contribution in [0.3, 0.4) is 0 Å². The van der Waals surface area contributed by atoms with Crippen LogP contribution in [-0.4, -0.2) is 80.9 Å². The number of amides is 1. The van der Waals surface area contributed by atoms with Crippen LogP contribution in [0.5, 0.6) is 0 Å². The number of ether oxygens (including phenoxy) is 1. The van der Waals surface area contributed by atoms with Crippen molar-refractivity contribution in [2.75, 3.05) is 12.8 Å². The Morgan fingerprint density at radius 2 is 2.00 bits per heavy atom. The van der Waals surface area contributed by atoms with Crippen molar-refractivity contribution in [3.05, 3.63) is 36.2 Å². The molecule has 2 fully saturated rings. The summed E-state index contributed by atoms with van der Waals surface area (Å²) < 4.78 is 5.89. The highest BCUT2D eigenvalue weighted by Crippen LogP contribution is 2.30. The number of carbonyl (C=O) groups excluding carboxylic acids is 1. The summed E-state index contributed by atoms with van der Waals surface area (Å²) in [5.41, 5.74) is 0.430. The molecule has 1 amide bonds. The molecule has 0 spiro atoms. The van der Waals surface area contributed by atoms with Crippen molar-refractivity contribution in [1.29, 1.82) is 0 Å². The van der Waals surface area contributed by atoms with E-state index in [-0.39, 0.29) is 17.9 Å². The summed E-state index contributed by atoms with van der Waals surface area (Å²) in [4.78, 5) is 17.0. The van der Waals surface area contributed by atoms with Crippen LogP contribution in [0.25, 0.3) is 6.08 Å². The van der Waals surface area contributed by atoms with Gasteiger partial charge in [0.25, 0.3) is 0 Å². The van der Waals surface area contributed by atoms with Gasteiger partial charge in [0.1, 0.15) is 29.9 Å². The summed E-state index contributed by atoms with van der Waals surface area (Å²) in [6.45, 7) is 4.62. The molecule has 0 aliphatic carbocycles. The van der Waals surface area contributed by atoms with E-state index in [1.807, 2.05) is 26.0 Å². The smallest absolute Gasteiger partial charge is 0.237 e. The Labute approximate surface area is 193 Å². The third-order valence-corrected chi connectivity index (χ3v) is 7.10. The van der Waals surface area contributed by atoms with Crippen molar-refractivity contribution in [2.45, 2.75) is 68.6 Å². The molecule has 0 bridgehead atoms. The van der Waals surface area contributed by atoms with E-state index in [1.165, 1.54) is 11.8 Å². The molecule has 8 atom stereocenters. The van der Waals surface area contributed by atoms with Gasteiger partial charge in [0, 0.05) is 12.4 Å². The minimum atomic E-state index is -1.33. The third kappa shape index (κ3) is 6.09. The second-order valence-corrected chi connectivity index (χ2v) is 9.87. The van der Waals surface area contributed by atoms with Crippen LogP contribution in [0.1, 0.15) is 32.3 Å². The first-order chi connectivity index (χ1) is 15.3. The summed E-state index contributed by atoms with van der Waals surface area (Å²) >= 11 is 1.26. The first-order valence-corrected chi connectivity index (χ1v) is 12.4. The molecule has 8 nitrogen and oxygen atoms in total. The Morgan fingerprint density at radius 1 is 1.28 bits per heavy atom. The molecule has 9 heteroatoms. The number of nitrogens with zero attached hydrogens (tertiary/aromatic N) is 1. The quantitative estimate of drug-likeness (QED) is 0.382. The standard InChI is InChI=1S/C23H35N3O5S/c1-13(2)17(21-19(28)18(27)20(29)23(31-21)32-3)26-22(30)16-11-15(12-25-16)6-4-5-14-7-9-24-10-8-14/h4-5,7-10,13,15-21,23,25,27-29H,6,11-12H2,1-3H3,(H,26,30)/b5-4+/t15-,16+,17-,18+,19-,20-,21?,23-/m1/s1. The molecule has 0 saturated carbocycles. The first kappa shape index (κ1) is 25.1. The molecule has 3 rings (SSSR count). The Hall–Kier alpha value is -1.49. The number of hydrogen-bond acceptors (Lipinski definition) is 8. The fourth-order valence-corrected chi connectivity index (χ4v) is 5.00. The van der Waals surface area contributed by atoms with Crippen LogP contribution in [0.2, 0.25) is 0 Å². The van der Waals surface area contributed by atoms with Gasteiger partial charge < -0.3 is 30.7 Å². The molecule has 1 unspecified atom stereocenters. The normalized spacial score (nSPS) is 34.2. The van der Waals surface area contributed by atoms with Gasteiger partial charge >= 0.3 is 0 Å². The molecule has 2 saturated heterocycles. The lowest BCUT2D eigenvalue weighted by atomic mass is 9.88. The van der Waals surface area contributed by atoms with Gasteiger partial charge in [-0.25, -0.2) is 0 Å². The van der Waals surface area contributed by atoms with E-state index in [0.29, 0.717) is 5.92 Å². The topological polar surface area (TPSA) is 124 Å². The number of hydrogen-bond donors (Lipinski definition) is 5. The van der Waals surface area contributed by atoms with Crippen molar-refractivity contribution in [3.8, 4) is 0 Å². The van der Waals surface area contributed by atoms with E-state index in [9.17, 15) is 20.1 Å². The van der Waals surface area contributed by atoms with E-state index in [0.717, 1.165) is 24.9 Å². The molecule has 32 heavy (non-hydrogen) atoms. The monoisotopic (exact) mass is 465 g/mol. The largest absolute Gasteiger partial charge is 0.388 e. The summed E-state index contributed by atoms with van der Waals surface area (Å²) in [6, 6.07) is 3.08. The van der Waals surface area contributed by atoms with Gasteiger partial charge in [-0.15, -0.1) is 11.8 Å². The third-order valence-electron chi connectivity index (χ3n) is 6.24. The van der Waals surface area contributed by atoms with Gasteiger partial charge in [0.2, 0.25) is 5.91 Å². The minimum absolute atomic E-state index is 0.0379. The predicted molar refractivity (Wildman–Crippen MR) is 125 cm³/mol. The molecule has 0 radical (unpaired) electrons. The number of thioether (sulfide) groups is 1. The summed E-state index contributed by atoms with van der Waals surface area (Å²) in [6.07, 6.45) is 6.46. The maximum absolute atomic E-state index is 13.0. The molecule has 178 valence electrons. The minimum Gasteiger partial charge on any atom is -0.388 e. The number of nitrogens with one attached hydrogen (secondary N) is 2. The molecule has 2 aliphatic heterocycles. The molecule has 2 aliphatic rings. The molecular formula is C23H35N3O5S. The van der Waals surface area contributed by atoms with Crippen LogP contribution in [0.4, 0.5) is 0 Å². The number of rotatable bonds is 8. The second-order valence-electron chi connectivity index (χ2n) is 8.94. The molecule has 5 N–H and O–H groups in total. The Kier molecular flexibility index (Phi) is 9.10. The highest BCUT2D eigenvalue weighted by atomic mass is 32.2.